The maximum Gasteiger partial charge on any atom is 0.286 e. The molecule has 118 valence electrons. The minimum atomic E-state index is 0.370. The Hall–Kier alpha value is -2.87. The van der Waals surface area contributed by atoms with Gasteiger partial charge in [0.25, 0.3) is 5.65 Å². The molecule has 1 atom stereocenters. The number of pyridine rings is 1. The van der Waals surface area contributed by atoms with Crippen LogP contribution in [0.2, 0.25) is 0 Å². The fourth-order valence-corrected chi connectivity index (χ4v) is 3.41. The lowest BCUT2D eigenvalue weighted by Gasteiger charge is -2.12. The van der Waals surface area contributed by atoms with Gasteiger partial charge >= 0.3 is 0 Å². The summed E-state index contributed by atoms with van der Waals surface area (Å²) in [5, 5.41) is 0. The third-order valence-electron chi connectivity index (χ3n) is 4.52. The number of imidazole rings is 1. The van der Waals surface area contributed by atoms with Crippen LogP contribution in [0.25, 0.3) is 16.9 Å². The molecule has 0 aliphatic carbocycles. The number of benzene rings is 2. The van der Waals surface area contributed by atoms with Crippen LogP contribution in [0.5, 0.6) is 0 Å². The molecule has 0 bridgehead atoms. The molecular formula is C22H21N2+. The highest BCUT2D eigenvalue weighted by Gasteiger charge is 2.23. The van der Waals surface area contributed by atoms with E-state index in [-0.39, 0.29) is 0 Å². The summed E-state index contributed by atoms with van der Waals surface area (Å²) in [5.74, 6) is 0. The van der Waals surface area contributed by atoms with Crippen LogP contribution in [0.1, 0.15) is 18.5 Å². The number of rotatable bonds is 4. The van der Waals surface area contributed by atoms with Gasteiger partial charge in [-0.1, -0.05) is 66.7 Å². The molecule has 2 nitrogen and oxygen atoms in total. The second-order valence-corrected chi connectivity index (χ2v) is 6.26. The molecule has 0 radical (unpaired) electrons. The molecule has 0 aliphatic heterocycles. The monoisotopic (exact) mass is 313 g/mol. The molecule has 0 fully saturated rings. The predicted molar refractivity (Wildman–Crippen MR) is 97.9 cm³/mol. The minimum Gasteiger partial charge on any atom is -0.220 e. The Bertz CT molecular complexity index is 940. The molecule has 0 N–H and O–H groups in total. The zero-order valence-corrected chi connectivity index (χ0v) is 13.8. The Morgan fingerprint density at radius 2 is 1.50 bits per heavy atom. The van der Waals surface area contributed by atoms with Crippen molar-refractivity contribution in [3.05, 3.63) is 96.8 Å². The van der Waals surface area contributed by atoms with E-state index < -0.39 is 0 Å². The van der Waals surface area contributed by atoms with Crippen LogP contribution in [-0.2, 0) is 6.42 Å². The van der Waals surface area contributed by atoms with Crippen LogP contribution >= 0.6 is 0 Å². The van der Waals surface area contributed by atoms with Gasteiger partial charge in [0, 0.05) is 18.1 Å². The van der Waals surface area contributed by atoms with Crippen LogP contribution in [-0.4, -0.2) is 4.57 Å². The smallest absolute Gasteiger partial charge is 0.220 e. The molecule has 0 saturated heterocycles. The second-order valence-electron chi connectivity index (χ2n) is 6.26. The number of aromatic nitrogens is 2. The quantitative estimate of drug-likeness (QED) is 0.483. The molecule has 2 heterocycles. The summed E-state index contributed by atoms with van der Waals surface area (Å²) in [6.45, 7) is 2.30. The first-order chi connectivity index (χ1) is 11.8. The SMILES string of the molecule is C[C@@H](Cc1ccccc1)n1c(-c2ccccc2)c[n+]2ccccc12. The van der Waals surface area contributed by atoms with Crippen molar-refractivity contribution < 1.29 is 4.40 Å². The van der Waals surface area contributed by atoms with Crippen LogP contribution in [0.3, 0.4) is 0 Å². The Morgan fingerprint density at radius 3 is 2.25 bits per heavy atom. The van der Waals surface area contributed by atoms with E-state index in [0.29, 0.717) is 6.04 Å². The van der Waals surface area contributed by atoms with Gasteiger partial charge in [-0.25, -0.2) is 8.97 Å². The summed E-state index contributed by atoms with van der Waals surface area (Å²) in [6, 6.07) is 28.1. The maximum absolute atomic E-state index is 2.45. The summed E-state index contributed by atoms with van der Waals surface area (Å²) in [4.78, 5) is 0. The summed E-state index contributed by atoms with van der Waals surface area (Å²) < 4.78 is 4.66. The Kier molecular flexibility index (Phi) is 3.87. The minimum absolute atomic E-state index is 0.370. The van der Waals surface area contributed by atoms with Gasteiger partial charge in [-0.15, -0.1) is 0 Å². The van der Waals surface area contributed by atoms with E-state index in [1.807, 2.05) is 0 Å². The van der Waals surface area contributed by atoms with E-state index in [4.69, 9.17) is 0 Å². The summed E-state index contributed by atoms with van der Waals surface area (Å²) in [5.41, 5.74) is 5.10. The van der Waals surface area contributed by atoms with Crippen molar-refractivity contribution >= 4 is 5.65 Å². The van der Waals surface area contributed by atoms with Crippen molar-refractivity contribution in [1.29, 1.82) is 0 Å². The highest BCUT2D eigenvalue weighted by atomic mass is 15.1. The Balaban J connectivity index is 1.83. The third-order valence-corrected chi connectivity index (χ3v) is 4.52. The standard InChI is InChI=1S/C22H21N2/c1-18(16-19-10-4-2-5-11-19)24-21(20-12-6-3-7-13-20)17-23-15-9-8-14-22(23)24/h2-15,17-18H,16H2,1H3/q+1/t18-/m0/s1. The van der Waals surface area contributed by atoms with Gasteiger partial charge in [0.05, 0.1) is 6.20 Å². The van der Waals surface area contributed by atoms with Crippen molar-refractivity contribution in [3.8, 4) is 11.3 Å². The number of hydrogen-bond acceptors (Lipinski definition) is 0. The first kappa shape index (κ1) is 14.7. The number of fused-ring (bicyclic) bond motifs is 1. The molecule has 4 aromatic rings. The van der Waals surface area contributed by atoms with Gasteiger partial charge < -0.3 is 0 Å². The van der Waals surface area contributed by atoms with E-state index in [1.165, 1.54) is 22.5 Å². The van der Waals surface area contributed by atoms with E-state index in [2.05, 4.69) is 107 Å². The van der Waals surface area contributed by atoms with Gasteiger partial charge in [-0.3, -0.25) is 0 Å². The summed E-state index contributed by atoms with van der Waals surface area (Å²) >= 11 is 0. The zero-order chi connectivity index (χ0) is 16.4. The number of hydrogen-bond donors (Lipinski definition) is 0. The molecule has 0 spiro atoms. The van der Waals surface area contributed by atoms with Crippen LogP contribution in [0, 0.1) is 0 Å². The van der Waals surface area contributed by atoms with E-state index in [0.717, 1.165) is 6.42 Å². The third kappa shape index (κ3) is 2.71. The van der Waals surface area contributed by atoms with Crippen LogP contribution in [0.15, 0.2) is 91.3 Å². The molecule has 0 aliphatic rings. The normalized spacial score (nSPS) is 12.4. The summed E-state index contributed by atoms with van der Waals surface area (Å²) in [7, 11) is 0. The first-order valence-corrected chi connectivity index (χ1v) is 8.43. The fourth-order valence-electron chi connectivity index (χ4n) is 3.41. The van der Waals surface area contributed by atoms with E-state index in [1.54, 1.807) is 0 Å². The molecule has 2 aromatic heterocycles. The number of nitrogens with zero attached hydrogens (tertiary/aromatic N) is 2. The average molecular weight is 313 g/mol. The molecular weight excluding hydrogens is 292 g/mol. The van der Waals surface area contributed by atoms with E-state index >= 15 is 0 Å². The maximum atomic E-state index is 2.45. The lowest BCUT2D eigenvalue weighted by Crippen LogP contribution is -2.19. The summed E-state index contributed by atoms with van der Waals surface area (Å²) in [6.07, 6.45) is 5.36. The van der Waals surface area contributed by atoms with Gasteiger partial charge in [0.2, 0.25) is 0 Å². The van der Waals surface area contributed by atoms with Crippen molar-refractivity contribution in [1.82, 2.24) is 4.57 Å². The van der Waals surface area contributed by atoms with Gasteiger partial charge in [-0.05, 0) is 18.6 Å². The van der Waals surface area contributed by atoms with Crippen LogP contribution < -0.4 is 4.40 Å². The molecule has 2 aromatic carbocycles. The highest BCUT2D eigenvalue weighted by Crippen LogP contribution is 2.26. The Labute approximate surface area is 142 Å². The lowest BCUT2D eigenvalue weighted by molar-refractivity contribution is -0.510. The van der Waals surface area contributed by atoms with Gasteiger partial charge in [0.1, 0.15) is 12.2 Å². The molecule has 0 unspecified atom stereocenters. The largest absolute Gasteiger partial charge is 0.286 e. The lowest BCUT2D eigenvalue weighted by atomic mass is 10.1. The highest BCUT2D eigenvalue weighted by molar-refractivity contribution is 5.61. The van der Waals surface area contributed by atoms with Crippen molar-refractivity contribution in [2.75, 3.05) is 0 Å². The van der Waals surface area contributed by atoms with E-state index in [9.17, 15) is 0 Å². The van der Waals surface area contributed by atoms with Crippen molar-refractivity contribution in [2.24, 2.45) is 0 Å². The fraction of sp³-hybridized carbons (Fsp3) is 0.136. The second kappa shape index (κ2) is 6.32. The molecule has 2 heteroatoms. The topological polar surface area (TPSA) is 9.03 Å². The van der Waals surface area contributed by atoms with Crippen molar-refractivity contribution in [2.45, 2.75) is 19.4 Å². The first-order valence-electron chi connectivity index (χ1n) is 8.43. The average Bonchev–Trinajstić information content (AvgIpc) is 3.03. The predicted octanol–water partition coefficient (Wildman–Crippen LogP) is 4.70. The zero-order valence-electron chi connectivity index (χ0n) is 13.8. The molecule has 0 amide bonds. The van der Waals surface area contributed by atoms with Crippen molar-refractivity contribution in [3.63, 3.8) is 0 Å². The van der Waals surface area contributed by atoms with Gasteiger partial charge in [-0.2, -0.15) is 0 Å². The molecule has 0 saturated carbocycles. The molecule has 4 rings (SSSR count). The molecule has 24 heavy (non-hydrogen) atoms. The van der Waals surface area contributed by atoms with Gasteiger partial charge in [0.15, 0.2) is 5.69 Å². The van der Waals surface area contributed by atoms with Crippen LogP contribution in [0.4, 0.5) is 0 Å². The Morgan fingerprint density at radius 1 is 0.833 bits per heavy atom.